The maximum absolute atomic E-state index is 10.8. The molecule has 94 valence electrons. The summed E-state index contributed by atoms with van der Waals surface area (Å²) in [6.45, 7) is 3.13. The van der Waals surface area contributed by atoms with Crippen molar-refractivity contribution in [3.8, 4) is 17.2 Å². The van der Waals surface area contributed by atoms with Gasteiger partial charge >= 0.3 is 5.97 Å². The van der Waals surface area contributed by atoms with Crippen molar-refractivity contribution in [2.75, 3.05) is 14.2 Å². The van der Waals surface area contributed by atoms with E-state index in [0.29, 0.717) is 22.6 Å². The molecule has 0 aliphatic carbocycles. The van der Waals surface area contributed by atoms with Gasteiger partial charge in [0.1, 0.15) is 12.4 Å². The lowest BCUT2D eigenvalue weighted by Gasteiger charge is -2.15. The van der Waals surface area contributed by atoms with Gasteiger partial charge in [0.15, 0.2) is 11.5 Å². The van der Waals surface area contributed by atoms with Crippen LogP contribution >= 0.6 is 0 Å². The average molecular weight is 240 g/mol. The number of hydrogen-bond donors (Lipinski definition) is 1. The summed E-state index contributed by atoms with van der Waals surface area (Å²) >= 11 is 0. The Morgan fingerprint density at radius 1 is 1.29 bits per heavy atom. The van der Waals surface area contributed by atoms with E-state index in [2.05, 4.69) is 0 Å². The molecule has 0 bridgehead atoms. The van der Waals surface area contributed by atoms with E-state index in [1.54, 1.807) is 6.92 Å². The highest BCUT2D eigenvalue weighted by Gasteiger charge is 2.16. The van der Waals surface area contributed by atoms with Crippen LogP contribution in [0, 0.1) is 6.92 Å². The van der Waals surface area contributed by atoms with Crippen LogP contribution in [0.1, 0.15) is 18.1 Å². The van der Waals surface area contributed by atoms with Crippen LogP contribution in [-0.4, -0.2) is 25.3 Å². The van der Waals surface area contributed by atoms with Crippen molar-refractivity contribution in [2.45, 2.75) is 20.5 Å². The molecule has 5 heteroatoms. The van der Waals surface area contributed by atoms with Gasteiger partial charge < -0.3 is 19.3 Å². The number of hydrogen-bond acceptors (Lipinski definition) is 5. The average Bonchev–Trinajstić information content (AvgIpc) is 2.26. The molecule has 0 radical (unpaired) electrons. The Hall–Kier alpha value is -1.91. The molecule has 0 amide bonds. The van der Waals surface area contributed by atoms with E-state index >= 15 is 0 Å². The third-order valence-electron chi connectivity index (χ3n) is 2.36. The number of aromatic hydroxyl groups is 1. The molecule has 17 heavy (non-hydrogen) atoms. The number of benzene rings is 1. The van der Waals surface area contributed by atoms with Crippen molar-refractivity contribution in [1.29, 1.82) is 0 Å². The van der Waals surface area contributed by atoms with Crippen molar-refractivity contribution >= 4 is 5.97 Å². The SMILES string of the molecule is COc1c(O)cc(COC(C)=O)c(OC)c1C. The number of carbonyl (C=O) groups excluding carboxylic acids is 1. The summed E-state index contributed by atoms with van der Waals surface area (Å²) in [6, 6.07) is 1.47. The zero-order valence-corrected chi connectivity index (χ0v) is 10.4. The Morgan fingerprint density at radius 3 is 2.35 bits per heavy atom. The lowest BCUT2D eigenvalue weighted by molar-refractivity contribution is -0.142. The summed E-state index contributed by atoms with van der Waals surface area (Å²) in [7, 11) is 2.98. The Balaban J connectivity index is 3.17. The molecule has 5 nitrogen and oxygen atoms in total. The minimum Gasteiger partial charge on any atom is -0.504 e. The predicted octanol–water partition coefficient (Wildman–Crippen LogP) is 1.78. The van der Waals surface area contributed by atoms with Crippen molar-refractivity contribution in [2.24, 2.45) is 0 Å². The van der Waals surface area contributed by atoms with Crippen LogP contribution in [0.5, 0.6) is 17.2 Å². The van der Waals surface area contributed by atoms with Crippen LogP contribution in [0.4, 0.5) is 0 Å². The largest absolute Gasteiger partial charge is 0.504 e. The van der Waals surface area contributed by atoms with Gasteiger partial charge in [0.2, 0.25) is 0 Å². The van der Waals surface area contributed by atoms with Gasteiger partial charge in [0, 0.05) is 18.1 Å². The van der Waals surface area contributed by atoms with Crippen molar-refractivity contribution < 1.29 is 24.1 Å². The highest BCUT2D eigenvalue weighted by Crippen LogP contribution is 2.39. The molecule has 1 rings (SSSR count). The fourth-order valence-corrected chi connectivity index (χ4v) is 1.66. The van der Waals surface area contributed by atoms with Crippen LogP contribution in [0.2, 0.25) is 0 Å². The maximum atomic E-state index is 10.8. The molecule has 0 fully saturated rings. The second-order valence-corrected chi connectivity index (χ2v) is 3.53. The van der Waals surface area contributed by atoms with Gasteiger partial charge in [-0.25, -0.2) is 0 Å². The van der Waals surface area contributed by atoms with E-state index < -0.39 is 0 Å². The molecule has 1 N–H and O–H groups in total. The Morgan fingerprint density at radius 2 is 1.88 bits per heavy atom. The second-order valence-electron chi connectivity index (χ2n) is 3.53. The lowest BCUT2D eigenvalue weighted by Crippen LogP contribution is -2.03. The topological polar surface area (TPSA) is 65.0 Å². The van der Waals surface area contributed by atoms with E-state index in [0.717, 1.165) is 0 Å². The molecule has 1 aromatic rings. The van der Waals surface area contributed by atoms with Gasteiger partial charge in [0.05, 0.1) is 14.2 Å². The highest BCUT2D eigenvalue weighted by atomic mass is 16.5. The maximum Gasteiger partial charge on any atom is 0.302 e. The molecule has 0 aromatic heterocycles. The van der Waals surface area contributed by atoms with E-state index in [9.17, 15) is 9.90 Å². The smallest absolute Gasteiger partial charge is 0.302 e. The molecule has 0 spiro atoms. The molecule has 0 saturated carbocycles. The van der Waals surface area contributed by atoms with Crippen LogP contribution in [0.3, 0.4) is 0 Å². The highest BCUT2D eigenvalue weighted by molar-refractivity contribution is 5.66. The first-order valence-electron chi connectivity index (χ1n) is 5.08. The summed E-state index contributed by atoms with van der Waals surface area (Å²) < 4.78 is 15.2. The normalized spacial score (nSPS) is 9.88. The predicted molar refractivity (Wildman–Crippen MR) is 61.4 cm³/mol. The quantitative estimate of drug-likeness (QED) is 0.813. The first kappa shape index (κ1) is 13.2. The zero-order valence-electron chi connectivity index (χ0n) is 10.4. The fourth-order valence-electron chi connectivity index (χ4n) is 1.66. The van der Waals surface area contributed by atoms with E-state index in [-0.39, 0.29) is 18.3 Å². The summed E-state index contributed by atoms with van der Waals surface area (Å²) in [5.74, 6) is 0.502. The van der Waals surface area contributed by atoms with Gasteiger partial charge in [-0.1, -0.05) is 0 Å². The van der Waals surface area contributed by atoms with Crippen LogP contribution in [0.25, 0.3) is 0 Å². The first-order valence-corrected chi connectivity index (χ1v) is 5.08. The molecule has 0 saturated heterocycles. The molecule has 0 aliphatic heterocycles. The summed E-state index contributed by atoms with van der Waals surface area (Å²) in [5, 5.41) is 9.74. The lowest BCUT2D eigenvalue weighted by atomic mass is 10.1. The molecule has 0 heterocycles. The summed E-state index contributed by atoms with van der Waals surface area (Å²) in [6.07, 6.45) is 0. The zero-order chi connectivity index (χ0) is 13.0. The number of carbonyl (C=O) groups is 1. The van der Waals surface area contributed by atoms with Gasteiger partial charge in [-0.15, -0.1) is 0 Å². The number of phenolic OH excluding ortho intramolecular Hbond substituents is 1. The van der Waals surface area contributed by atoms with Crippen molar-refractivity contribution in [3.05, 3.63) is 17.2 Å². The van der Waals surface area contributed by atoms with Crippen LogP contribution < -0.4 is 9.47 Å². The van der Waals surface area contributed by atoms with Crippen LogP contribution in [0.15, 0.2) is 6.07 Å². The number of rotatable bonds is 4. The third kappa shape index (κ3) is 2.81. The molecule has 0 atom stereocenters. The molecule has 1 aromatic carbocycles. The summed E-state index contributed by atoms with van der Waals surface area (Å²) in [5.41, 5.74) is 1.26. The van der Waals surface area contributed by atoms with E-state index in [1.807, 2.05) is 0 Å². The summed E-state index contributed by atoms with van der Waals surface area (Å²) in [4.78, 5) is 10.8. The second kappa shape index (κ2) is 5.43. The molecular weight excluding hydrogens is 224 g/mol. The first-order chi connectivity index (χ1) is 8.01. The minimum absolute atomic E-state index is 0.00653. The monoisotopic (exact) mass is 240 g/mol. The Kier molecular flexibility index (Phi) is 4.20. The van der Waals surface area contributed by atoms with Gasteiger partial charge in [-0.2, -0.15) is 0 Å². The van der Waals surface area contributed by atoms with E-state index in [1.165, 1.54) is 27.2 Å². The molecule has 0 unspecified atom stereocenters. The Bertz CT molecular complexity index is 425. The van der Waals surface area contributed by atoms with Crippen molar-refractivity contribution in [3.63, 3.8) is 0 Å². The fraction of sp³-hybridized carbons (Fsp3) is 0.417. The van der Waals surface area contributed by atoms with Crippen molar-refractivity contribution in [1.82, 2.24) is 0 Å². The van der Waals surface area contributed by atoms with Gasteiger partial charge in [0.25, 0.3) is 0 Å². The number of phenols is 1. The number of esters is 1. The standard InChI is InChI=1S/C12H16O5/c1-7-11(15-3)9(6-17-8(2)13)5-10(14)12(7)16-4/h5,14H,6H2,1-4H3. The van der Waals surface area contributed by atoms with E-state index in [4.69, 9.17) is 14.2 Å². The van der Waals surface area contributed by atoms with Gasteiger partial charge in [-0.05, 0) is 13.0 Å². The molecular formula is C12H16O5. The minimum atomic E-state index is -0.389. The number of ether oxygens (including phenoxy) is 3. The van der Waals surface area contributed by atoms with Crippen LogP contribution in [-0.2, 0) is 16.1 Å². The number of methoxy groups -OCH3 is 2. The van der Waals surface area contributed by atoms with Gasteiger partial charge in [-0.3, -0.25) is 4.79 Å². The third-order valence-corrected chi connectivity index (χ3v) is 2.36. The Labute approximate surface area is 99.9 Å². The molecule has 0 aliphatic rings.